The van der Waals surface area contributed by atoms with Crippen molar-refractivity contribution in [2.24, 2.45) is 11.3 Å². The van der Waals surface area contributed by atoms with Gasteiger partial charge in [-0.15, -0.1) is 0 Å². The molecule has 2 nitrogen and oxygen atoms in total. The molecule has 0 aromatic heterocycles. The van der Waals surface area contributed by atoms with Gasteiger partial charge in [-0.3, -0.25) is 4.79 Å². The van der Waals surface area contributed by atoms with Crippen LogP contribution < -0.4 is 5.32 Å². The molecule has 2 heteroatoms. The minimum absolute atomic E-state index is 0.120. The molecule has 2 unspecified atom stereocenters. The zero-order valence-electron chi connectivity index (χ0n) is 7.77. The zero-order valence-corrected chi connectivity index (χ0v) is 7.77. The Morgan fingerprint density at radius 3 is 2.18 bits per heavy atom. The molecule has 0 bridgehead atoms. The minimum Gasteiger partial charge on any atom is -0.353 e. The van der Waals surface area contributed by atoms with Crippen LogP contribution in [0.5, 0.6) is 0 Å². The maximum Gasteiger partial charge on any atom is 0.223 e. The second-order valence-electron chi connectivity index (χ2n) is 4.56. The zero-order chi connectivity index (χ0) is 8.65. The molecule has 2 atom stereocenters. The third-order valence-electron chi connectivity index (χ3n) is 2.34. The van der Waals surface area contributed by atoms with Crippen molar-refractivity contribution < 1.29 is 4.79 Å². The van der Waals surface area contributed by atoms with E-state index in [2.05, 4.69) is 33.0 Å². The van der Waals surface area contributed by atoms with E-state index in [1.54, 1.807) is 0 Å². The lowest BCUT2D eigenvalue weighted by Gasteiger charge is -2.23. The number of amides is 1. The SMILES string of the molecule is CC1CC(C(C)(C)C)C(=O)N1. The summed E-state index contributed by atoms with van der Waals surface area (Å²) >= 11 is 0. The van der Waals surface area contributed by atoms with Crippen molar-refractivity contribution >= 4 is 5.91 Å². The highest BCUT2D eigenvalue weighted by molar-refractivity contribution is 5.81. The molecule has 0 spiro atoms. The lowest BCUT2D eigenvalue weighted by molar-refractivity contribution is -0.125. The van der Waals surface area contributed by atoms with Gasteiger partial charge in [0.15, 0.2) is 0 Å². The minimum atomic E-state index is 0.120. The molecule has 11 heavy (non-hydrogen) atoms. The van der Waals surface area contributed by atoms with Crippen LogP contribution in [-0.2, 0) is 4.79 Å². The predicted octanol–water partition coefficient (Wildman–Crippen LogP) is 1.56. The van der Waals surface area contributed by atoms with Gasteiger partial charge in [-0.25, -0.2) is 0 Å². The molecule has 0 aromatic rings. The normalized spacial score (nSPS) is 32.2. The van der Waals surface area contributed by atoms with Crippen LogP contribution in [-0.4, -0.2) is 11.9 Å². The van der Waals surface area contributed by atoms with Crippen molar-refractivity contribution in [3.8, 4) is 0 Å². The number of hydrogen-bond donors (Lipinski definition) is 1. The molecule has 0 aromatic carbocycles. The smallest absolute Gasteiger partial charge is 0.223 e. The second-order valence-corrected chi connectivity index (χ2v) is 4.56. The van der Waals surface area contributed by atoms with Gasteiger partial charge < -0.3 is 5.32 Å². The highest BCUT2D eigenvalue weighted by atomic mass is 16.2. The average Bonchev–Trinajstić information content (AvgIpc) is 2.08. The topological polar surface area (TPSA) is 29.1 Å². The van der Waals surface area contributed by atoms with E-state index >= 15 is 0 Å². The molecule has 1 rings (SSSR count). The van der Waals surface area contributed by atoms with E-state index in [1.807, 2.05) is 0 Å². The summed E-state index contributed by atoms with van der Waals surface area (Å²) in [6, 6.07) is 0.367. The van der Waals surface area contributed by atoms with Crippen molar-refractivity contribution in [3.63, 3.8) is 0 Å². The van der Waals surface area contributed by atoms with Crippen molar-refractivity contribution in [1.29, 1.82) is 0 Å². The summed E-state index contributed by atoms with van der Waals surface area (Å²) in [7, 11) is 0. The Labute approximate surface area is 68.4 Å². The molecule has 0 radical (unpaired) electrons. The molecule has 0 aliphatic carbocycles. The number of hydrogen-bond acceptors (Lipinski definition) is 1. The Morgan fingerprint density at radius 2 is 2.00 bits per heavy atom. The van der Waals surface area contributed by atoms with Crippen molar-refractivity contribution in [2.75, 3.05) is 0 Å². The van der Waals surface area contributed by atoms with E-state index in [0.717, 1.165) is 6.42 Å². The summed E-state index contributed by atoms with van der Waals surface area (Å²) < 4.78 is 0. The van der Waals surface area contributed by atoms with Crippen LogP contribution in [0.3, 0.4) is 0 Å². The highest BCUT2D eigenvalue weighted by Crippen LogP contribution is 2.33. The van der Waals surface area contributed by atoms with Crippen LogP contribution in [0.15, 0.2) is 0 Å². The van der Waals surface area contributed by atoms with Gasteiger partial charge in [-0.2, -0.15) is 0 Å². The summed E-state index contributed by atoms with van der Waals surface area (Å²) in [6.07, 6.45) is 0.988. The van der Waals surface area contributed by atoms with Gasteiger partial charge >= 0.3 is 0 Å². The van der Waals surface area contributed by atoms with Crippen molar-refractivity contribution in [2.45, 2.75) is 40.2 Å². The first-order chi connectivity index (χ1) is 4.91. The maximum absolute atomic E-state index is 11.3. The van der Waals surface area contributed by atoms with Gasteiger partial charge in [0.05, 0.1) is 0 Å². The first-order valence-corrected chi connectivity index (χ1v) is 4.21. The standard InChI is InChI=1S/C9H17NO/c1-6-5-7(8(11)10-6)9(2,3)4/h6-7H,5H2,1-4H3,(H,10,11). The molecule has 1 aliphatic rings. The number of carbonyl (C=O) groups is 1. The molecule has 1 amide bonds. The molecule has 1 heterocycles. The lowest BCUT2D eigenvalue weighted by Crippen LogP contribution is -2.29. The first kappa shape index (κ1) is 8.57. The van der Waals surface area contributed by atoms with E-state index in [9.17, 15) is 4.79 Å². The monoisotopic (exact) mass is 155 g/mol. The molecule has 0 saturated carbocycles. The molecule has 1 fully saturated rings. The summed E-state index contributed by atoms with van der Waals surface area (Å²) in [5.74, 6) is 0.433. The largest absolute Gasteiger partial charge is 0.353 e. The summed E-state index contributed by atoms with van der Waals surface area (Å²) in [4.78, 5) is 11.3. The summed E-state index contributed by atoms with van der Waals surface area (Å²) in [5.41, 5.74) is 0.120. The Kier molecular flexibility index (Phi) is 1.95. The predicted molar refractivity (Wildman–Crippen MR) is 45.2 cm³/mol. The van der Waals surface area contributed by atoms with Crippen LogP contribution >= 0.6 is 0 Å². The molecular formula is C9H17NO. The van der Waals surface area contributed by atoms with Crippen LogP contribution in [0, 0.1) is 11.3 Å². The quantitative estimate of drug-likeness (QED) is 0.565. The molecule has 64 valence electrons. The fourth-order valence-electron chi connectivity index (χ4n) is 1.61. The van der Waals surface area contributed by atoms with Crippen LogP contribution in [0.4, 0.5) is 0 Å². The Bertz CT molecular complexity index is 169. The summed E-state index contributed by atoms with van der Waals surface area (Å²) in [5, 5.41) is 2.93. The van der Waals surface area contributed by atoms with Crippen LogP contribution in [0.25, 0.3) is 0 Å². The molecule has 1 saturated heterocycles. The third kappa shape index (κ3) is 1.73. The molecule has 1 aliphatic heterocycles. The number of carbonyl (C=O) groups excluding carboxylic acids is 1. The Balaban J connectivity index is 2.68. The Hall–Kier alpha value is -0.530. The van der Waals surface area contributed by atoms with Gasteiger partial charge in [0.25, 0.3) is 0 Å². The second kappa shape index (κ2) is 2.50. The van der Waals surface area contributed by atoms with Crippen LogP contribution in [0.1, 0.15) is 34.1 Å². The van der Waals surface area contributed by atoms with Gasteiger partial charge in [-0.05, 0) is 18.8 Å². The first-order valence-electron chi connectivity index (χ1n) is 4.21. The van der Waals surface area contributed by atoms with Gasteiger partial charge in [0.2, 0.25) is 5.91 Å². The summed E-state index contributed by atoms with van der Waals surface area (Å²) in [6.45, 7) is 8.42. The highest BCUT2D eigenvalue weighted by Gasteiger charge is 2.37. The molecule has 1 N–H and O–H groups in total. The van der Waals surface area contributed by atoms with Gasteiger partial charge in [0.1, 0.15) is 0 Å². The number of rotatable bonds is 0. The maximum atomic E-state index is 11.3. The van der Waals surface area contributed by atoms with E-state index in [-0.39, 0.29) is 17.2 Å². The van der Waals surface area contributed by atoms with Crippen molar-refractivity contribution in [3.05, 3.63) is 0 Å². The average molecular weight is 155 g/mol. The van der Waals surface area contributed by atoms with Crippen LogP contribution in [0.2, 0.25) is 0 Å². The van der Waals surface area contributed by atoms with E-state index in [4.69, 9.17) is 0 Å². The van der Waals surface area contributed by atoms with E-state index in [1.165, 1.54) is 0 Å². The molecular weight excluding hydrogens is 138 g/mol. The van der Waals surface area contributed by atoms with E-state index < -0.39 is 0 Å². The number of nitrogens with one attached hydrogen (secondary N) is 1. The Morgan fingerprint density at radius 1 is 1.45 bits per heavy atom. The third-order valence-corrected chi connectivity index (χ3v) is 2.34. The van der Waals surface area contributed by atoms with Crippen molar-refractivity contribution in [1.82, 2.24) is 5.32 Å². The fraction of sp³-hybridized carbons (Fsp3) is 0.889. The fourth-order valence-corrected chi connectivity index (χ4v) is 1.61. The lowest BCUT2D eigenvalue weighted by atomic mass is 9.79. The van der Waals surface area contributed by atoms with Gasteiger partial charge in [0, 0.05) is 12.0 Å². The van der Waals surface area contributed by atoms with Gasteiger partial charge in [-0.1, -0.05) is 20.8 Å². The van der Waals surface area contributed by atoms with E-state index in [0.29, 0.717) is 6.04 Å².